The summed E-state index contributed by atoms with van der Waals surface area (Å²) in [5.41, 5.74) is 0.944. The maximum Gasteiger partial charge on any atom is 0.406 e. The van der Waals surface area contributed by atoms with Gasteiger partial charge in [-0.25, -0.2) is 0 Å². The first-order chi connectivity index (χ1) is 8.26. The van der Waals surface area contributed by atoms with Gasteiger partial charge in [0.1, 0.15) is 12.2 Å². The van der Waals surface area contributed by atoms with Gasteiger partial charge in [-0.2, -0.15) is 13.2 Å². The molecule has 1 amide bonds. The van der Waals surface area contributed by atoms with Gasteiger partial charge in [-0.05, 0) is 19.1 Å². The fraction of sp³-hybridized carbons (Fsp3) is 0.545. The fourth-order valence-corrected chi connectivity index (χ4v) is 1.58. The second-order valence-corrected chi connectivity index (χ2v) is 3.98. The van der Waals surface area contributed by atoms with E-state index in [-0.39, 0.29) is 12.2 Å². The number of hydrogen-bond acceptors (Lipinski definition) is 2. The highest BCUT2D eigenvalue weighted by Gasteiger charge is 2.33. The maximum absolute atomic E-state index is 12.3. The summed E-state index contributed by atoms with van der Waals surface area (Å²) in [6.45, 7) is -0.471. The number of aliphatic hydroxyl groups excluding tert-OH is 1. The first-order valence-corrected chi connectivity index (χ1v) is 5.35. The van der Waals surface area contributed by atoms with Gasteiger partial charge in [-0.3, -0.25) is 4.79 Å². The minimum atomic E-state index is -4.48. The van der Waals surface area contributed by atoms with Crippen molar-refractivity contribution in [2.45, 2.75) is 13.1 Å². The van der Waals surface area contributed by atoms with E-state index in [0.29, 0.717) is 4.90 Å². The van der Waals surface area contributed by atoms with Crippen molar-refractivity contribution in [2.24, 2.45) is 7.05 Å². The van der Waals surface area contributed by atoms with E-state index in [0.717, 1.165) is 5.69 Å². The molecule has 1 aromatic rings. The smallest absolute Gasteiger partial charge is 0.395 e. The number of carbonyl (C=O) groups excluding carboxylic acids is 1. The molecule has 4 nitrogen and oxygen atoms in total. The minimum Gasteiger partial charge on any atom is -0.395 e. The number of rotatable bonds is 4. The van der Waals surface area contributed by atoms with E-state index in [9.17, 15) is 18.0 Å². The van der Waals surface area contributed by atoms with Gasteiger partial charge in [-0.15, -0.1) is 0 Å². The molecule has 18 heavy (non-hydrogen) atoms. The molecule has 0 saturated carbocycles. The molecular weight excluding hydrogens is 249 g/mol. The van der Waals surface area contributed by atoms with Crippen LogP contribution in [0.1, 0.15) is 16.2 Å². The highest BCUT2D eigenvalue weighted by Crippen LogP contribution is 2.18. The average molecular weight is 264 g/mol. The van der Waals surface area contributed by atoms with Crippen LogP contribution in [0.5, 0.6) is 0 Å². The van der Waals surface area contributed by atoms with Crippen LogP contribution in [0.3, 0.4) is 0 Å². The van der Waals surface area contributed by atoms with Crippen molar-refractivity contribution in [3.8, 4) is 0 Å². The molecule has 0 aliphatic heterocycles. The minimum absolute atomic E-state index is 0.171. The molecule has 0 aliphatic carbocycles. The summed E-state index contributed by atoms with van der Waals surface area (Å²) >= 11 is 0. The zero-order chi connectivity index (χ0) is 13.9. The Hall–Kier alpha value is -1.50. The molecule has 0 spiro atoms. The lowest BCUT2D eigenvalue weighted by Gasteiger charge is -2.23. The molecule has 0 aliphatic rings. The largest absolute Gasteiger partial charge is 0.406 e. The number of halogens is 3. The molecule has 7 heteroatoms. The Morgan fingerprint density at radius 1 is 1.44 bits per heavy atom. The van der Waals surface area contributed by atoms with Crippen LogP contribution in [0, 0.1) is 6.92 Å². The first-order valence-electron chi connectivity index (χ1n) is 5.35. The van der Waals surface area contributed by atoms with Gasteiger partial charge in [-0.1, -0.05) is 0 Å². The van der Waals surface area contributed by atoms with Crippen molar-refractivity contribution < 1.29 is 23.1 Å². The highest BCUT2D eigenvalue weighted by atomic mass is 19.4. The molecule has 0 fully saturated rings. The third-order valence-electron chi connectivity index (χ3n) is 2.62. The molecule has 1 heterocycles. The van der Waals surface area contributed by atoms with Gasteiger partial charge in [0.2, 0.25) is 0 Å². The molecule has 0 atom stereocenters. The third-order valence-corrected chi connectivity index (χ3v) is 2.62. The number of aromatic nitrogens is 1. The average Bonchev–Trinajstić information content (AvgIpc) is 2.56. The molecule has 1 rings (SSSR count). The summed E-state index contributed by atoms with van der Waals surface area (Å²) in [6, 6.07) is 3.12. The van der Waals surface area contributed by atoms with Crippen molar-refractivity contribution in [1.29, 1.82) is 0 Å². The molecule has 0 bridgehead atoms. The van der Waals surface area contributed by atoms with Crippen LogP contribution in [-0.4, -0.2) is 46.4 Å². The Morgan fingerprint density at radius 2 is 2.06 bits per heavy atom. The van der Waals surface area contributed by atoms with Crippen LogP contribution in [0.4, 0.5) is 13.2 Å². The van der Waals surface area contributed by atoms with Crippen molar-refractivity contribution in [2.75, 3.05) is 19.7 Å². The van der Waals surface area contributed by atoms with Crippen LogP contribution in [0.15, 0.2) is 12.1 Å². The summed E-state index contributed by atoms with van der Waals surface area (Å²) in [4.78, 5) is 12.5. The predicted octanol–water partition coefficient (Wildman–Crippen LogP) is 1.33. The number of carbonyl (C=O) groups is 1. The van der Waals surface area contributed by atoms with Crippen LogP contribution in [-0.2, 0) is 7.05 Å². The highest BCUT2D eigenvalue weighted by molar-refractivity contribution is 5.93. The summed E-state index contributed by atoms with van der Waals surface area (Å²) in [6.07, 6.45) is -4.48. The zero-order valence-electron chi connectivity index (χ0n) is 10.2. The van der Waals surface area contributed by atoms with Gasteiger partial charge < -0.3 is 14.6 Å². The molecular formula is C11H15F3N2O2. The number of amides is 1. The van der Waals surface area contributed by atoms with Gasteiger partial charge >= 0.3 is 6.18 Å². The standard InChI is InChI=1S/C11H15F3N2O2/c1-8-3-4-9(15(8)2)10(18)16(5-6-17)7-11(12,13)14/h3-4,17H,5-7H2,1-2H3. The first kappa shape index (κ1) is 14.6. The lowest BCUT2D eigenvalue weighted by molar-refractivity contribution is -0.141. The molecule has 0 radical (unpaired) electrons. The number of alkyl halides is 3. The van der Waals surface area contributed by atoms with E-state index in [1.54, 1.807) is 20.0 Å². The number of aryl methyl sites for hydroxylation is 1. The monoisotopic (exact) mass is 264 g/mol. The maximum atomic E-state index is 12.3. The molecule has 0 aromatic carbocycles. The quantitative estimate of drug-likeness (QED) is 0.891. The van der Waals surface area contributed by atoms with Crippen molar-refractivity contribution in [3.05, 3.63) is 23.5 Å². The Morgan fingerprint density at radius 3 is 2.44 bits per heavy atom. The normalized spacial score (nSPS) is 11.7. The lowest BCUT2D eigenvalue weighted by atomic mass is 10.3. The summed E-state index contributed by atoms with van der Waals surface area (Å²) in [5.74, 6) is -0.739. The van der Waals surface area contributed by atoms with E-state index in [1.807, 2.05) is 0 Å². The Kier molecular flexibility index (Phi) is 4.39. The topological polar surface area (TPSA) is 45.5 Å². The predicted molar refractivity (Wildman–Crippen MR) is 59.2 cm³/mol. The van der Waals surface area contributed by atoms with Crippen LogP contribution >= 0.6 is 0 Å². The second kappa shape index (κ2) is 5.43. The molecule has 0 unspecified atom stereocenters. The lowest BCUT2D eigenvalue weighted by Crippen LogP contribution is -2.41. The second-order valence-electron chi connectivity index (χ2n) is 3.98. The Bertz CT molecular complexity index is 426. The van der Waals surface area contributed by atoms with E-state index < -0.39 is 25.2 Å². The molecule has 102 valence electrons. The molecule has 1 N–H and O–H groups in total. The van der Waals surface area contributed by atoms with Gasteiger partial charge in [0.15, 0.2) is 0 Å². The van der Waals surface area contributed by atoms with Gasteiger partial charge in [0.25, 0.3) is 5.91 Å². The van der Waals surface area contributed by atoms with Crippen LogP contribution in [0.2, 0.25) is 0 Å². The Labute approximate surface area is 103 Å². The van der Waals surface area contributed by atoms with Crippen molar-refractivity contribution in [1.82, 2.24) is 9.47 Å². The molecule has 1 aromatic heterocycles. The van der Waals surface area contributed by atoms with E-state index in [4.69, 9.17) is 5.11 Å². The van der Waals surface area contributed by atoms with E-state index >= 15 is 0 Å². The summed E-state index contributed by atoms with van der Waals surface area (Å²) in [5, 5.41) is 8.74. The summed E-state index contributed by atoms with van der Waals surface area (Å²) < 4.78 is 38.5. The number of nitrogens with zero attached hydrogens (tertiary/aromatic N) is 2. The van der Waals surface area contributed by atoms with E-state index in [1.165, 1.54) is 10.6 Å². The Balaban J connectivity index is 2.92. The zero-order valence-corrected chi connectivity index (χ0v) is 10.2. The van der Waals surface area contributed by atoms with Gasteiger partial charge in [0.05, 0.1) is 6.61 Å². The van der Waals surface area contributed by atoms with Crippen molar-refractivity contribution in [3.63, 3.8) is 0 Å². The SMILES string of the molecule is Cc1ccc(C(=O)N(CCO)CC(F)(F)F)n1C. The third kappa shape index (κ3) is 3.49. The van der Waals surface area contributed by atoms with E-state index in [2.05, 4.69) is 0 Å². The van der Waals surface area contributed by atoms with Crippen LogP contribution in [0.25, 0.3) is 0 Å². The van der Waals surface area contributed by atoms with Gasteiger partial charge in [0, 0.05) is 19.3 Å². The fourth-order valence-electron chi connectivity index (χ4n) is 1.58. The van der Waals surface area contributed by atoms with Crippen LogP contribution < -0.4 is 0 Å². The number of aliphatic hydroxyl groups is 1. The van der Waals surface area contributed by atoms with Crippen molar-refractivity contribution >= 4 is 5.91 Å². The summed E-state index contributed by atoms with van der Waals surface area (Å²) in [7, 11) is 1.60. The number of hydrogen-bond donors (Lipinski definition) is 1. The molecule has 0 saturated heterocycles.